The van der Waals surface area contributed by atoms with E-state index in [4.69, 9.17) is 4.74 Å². The summed E-state index contributed by atoms with van der Waals surface area (Å²) in [5, 5.41) is 9.90. The van der Waals surface area contributed by atoms with Crippen molar-refractivity contribution in [2.45, 2.75) is 57.7 Å². The molecule has 1 rings (SSSR count). The lowest BCUT2D eigenvalue weighted by Gasteiger charge is -2.23. The summed E-state index contributed by atoms with van der Waals surface area (Å²) in [6.45, 7) is 2.53. The van der Waals surface area contributed by atoms with Crippen LogP contribution in [0.3, 0.4) is 0 Å². The van der Waals surface area contributed by atoms with E-state index in [1.54, 1.807) is 6.08 Å². The van der Waals surface area contributed by atoms with E-state index >= 15 is 0 Å². The number of esters is 1. The van der Waals surface area contributed by atoms with E-state index in [9.17, 15) is 19.1 Å². The van der Waals surface area contributed by atoms with Crippen LogP contribution < -0.4 is 0 Å². The largest absolute Gasteiger partial charge is 0.462 e. The maximum absolute atomic E-state index is 13.8. The maximum atomic E-state index is 13.8. The number of rotatable bonds is 0. The number of ether oxygens (including phenoxy) is 1. The van der Waals surface area contributed by atoms with Gasteiger partial charge in [-0.1, -0.05) is 0 Å². The maximum Gasteiger partial charge on any atom is 0.306 e. The molecule has 1 aliphatic rings. The molecular formula is C15H21FO4. The second-order valence-corrected chi connectivity index (χ2v) is 5.33. The van der Waals surface area contributed by atoms with Gasteiger partial charge in [-0.25, -0.2) is 4.39 Å². The molecule has 0 aromatic heterocycles. The summed E-state index contributed by atoms with van der Waals surface area (Å²) in [6, 6.07) is 0. The van der Waals surface area contributed by atoms with Crippen molar-refractivity contribution in [3.05, 3.63) is 17.4 Å². The zero-order valence-corrected chi connectivity index (χ0v) is 11.9. The van der Waals surface area contributed by atoms with Crippen molar-refractivity contribution in [1.29, 1.82) is 0 Å². The number of allylic oxidation sites excluding steroid dienone is 1. The first-order chi connectivity index (χ1) is 9.33. The Morgan fingerprint density at radius 3 is 2.85 bits per heavy atom. The highest BCUT2D eigenvalue weighted by atomic mass is 19.1. The van der Waals surface area contributed by atoms with Crippen molar-refractivity contribution in [1.82, 2.24) is 0 Å². The lowest BCUT2D eigenvalue weighted by Crippen LogP contribution is -2.45. The summed E-state index contributed by atoms with van der Waals surface area (Å²) in [4.78, 5) is 23.2. The minimum atomic E-state index is -1.97. The molecule has 5 heteroatoms. The fourth-order valence-electron chi connectivity index (χ4n) is 1.89. The zero-order chi connectivity index (χ0) is 15.2. The number of aliphatic hydroxyl groups is 1. The second-order valence-electron chi connectivity index (χ2n) is 5.33. The smallest absolute Gasteiger partial charge is 0.306 e. The average Bonchev–Trinajstić information content (AvgIpc) is 2.39. The van der Waals surface area contributed by atoms with Crippen LogP contribution in [-0.2, 0) is 14.3 Å². The number of carbonyl (C=O) groups excluding carboxylic acids is 2. The van der Waals surface area contributed by atoms with E-state index < -0.39 is 30.1 Å². The van der Waals surface area contributed by atoms with Crippen LogP contribution >= 0.6 is 0 Å². The predicted molar refractivity (Wildman–Crippen MR) is 71.8 cm³/mol. The minimum absolute atomic E-state index is 0.0436. The van der Waals surface area contributed by atoms with Gasteiger partial charge in [0.2, 0.25) is 5.78 Å². The van der Waals surface area contributed by atoms with Gasteiger partial charge in [-0.3, -0.25) is 9.59 Å². The average molecular weight is 284 g/mol. The lowest BCUT2D eigenvalue weighted by molar-refractivity contribution is -0.158. The number of hydrogen-bond acceptors (Lipinski definition) is 4. The molecule has 0 amide bonds. The van der Waals surface area contributed by atoms with Crippen LogP contribution in [-0.4, -0.2) is 35.2 Å². The van der Waals surface area contributed by atoms with Crippen LogP contribution in [0.25, 0.3) is 0 Å². The molecular weight excluding hydrogens is 263 g/mol. The standard InChI is InChI=1S/C15H21FO4/c1-11-6-3-4-9-13(17)20-10-15(2,19)14(18)12(16)8-5-7-11/h3,12,19H,4-5,7-10H2,1-2H3. The van der Waals surface area contributed by atoms with Crippen molar-refractivity contribution in [2.75, 3.05) is 6.61 Å². The molecule has 0 bridgehead atoms. The fraction of sp³-hybridized carbons (Fsp3) is 0.667. The number of ketones is 1. The molecule has 1 heterocycles. The molecule has 2 atom stereocenters. The van der Waals surface area contributed by atoms with Crippen LogP contribution in [0.4, 0.5) is 4.39 Å². The molecule has 1 aliphatic heterocycles. The first kappa shape index (κ1) is 16.6. The minimum Gasteiger partial charge on any atom is -0.462 e. The number of carbonyl (C=O) groups is 2. The van der Waals surface area contributed by atoms with Gasteiger partial charge < -0.3 is 9.84 Å². The third kappa shape index (κ3) is 5.27. The van der Waals surface area contributed by atoms with Crippen molar-refractivity contribution >= 4 is 11.8 Å². The van der Waals surface area contributed by atoms with Gasteiger partial charge in [0.05, 0.1) is 0 Å². The van der Waals surface area contributed by atoms with Gasteiger partial charge in [0.1, 0.15) is 6.61 Å². The summed E-state index contributed by atoms with van der Waals surface area (Å²) in [5.74, 6) is -1.46. The topological polar surface area (TPSA) is 63.6 Å². The quantitative estimate of drug-likeness (QED) is 0.547. The highest BCUT2D eigenvalue weighted by molar-refractivity contribution is 5.90. The zero-order valence-electron chi connectivity index (χ0n) is 11.9. The van der Waals surface area contributed by atoms with E-state index in [1.165, 1.54) is 6.92 Å². The Kier molecular flexibility index (Phi) is 6.11. The van der Waals surface area contributed by atoms with E-state index in [0.29, 0.717) is 19.3 Å². The van der Waals surface area contributed by atoms with Gasteiger partial charge >= 0.3 is 5.97 Å². The van der Waals surface area contributed by atoms with Crippen LogP contribution in [0.5, 0.6) is 0 Å². The van der Waals surface area contributed by atoms with E-state index in [2.05, 4.69) is 5.73 Å². The molecule has 112 valence electrons. The van der Waals surface area contributed by atoms with Crippen molar-refractivity contribution in [3.8, 4) is 0 Å². The van der Waals surface area contributed by atoms with Crippen LogP contribution in [0.2, 0.25) is 0 Å². The number of cyclic esters (lactones) is 1. The fourth-order valence-corrected chi connectivity index (χ4v) is 1.89. The monoisotopic (exact) mass is 284 g/mol. The Balaban J connectivity index is 2.81. The molecule has 1 N–H and O–H groups in total. The van der Waals surface area contributed by atoms with Crippen LogP contribution in [0.1, 0.15) is 46.0 Å². The summed E-state index contributed by atoms with van der Waals surface area (Å²) >= 11 is 0. The molecule has 20 heavy (non-hydrogen) atoms. The summed E-state index contributed by atoms with van der Waals surface area (Å²) < 4.78 is 18.6. The Hall–Kier alpha value is -1.45. The lowest BCUT2D eigenvalue weighted by atomic mass is 9.95. The number of halogens is 1. The van der Waals surface area contributed by atoms with E-state index in [-0.39, 0.29) is 12.8 Å². The molecule has 0 aromatic carbocycles. The van der Waals surface area contributed by atoms with Gasteiger partial charge in [0, 0.05) is 6.42 Å². The van der Waals surface area contributed by atoms with E-state index in [1.807, 2.05) is 6.92 Å². The summed E-state index contributed by atoms with van der Waals surface area (Å²) in [6.07, 6.45) is 1.82. The molecule has 0 radical (unpaired) electrons. The van der Waals surface area contributed by atoms with Gasteiger partial charge in [0.25, 0.3) is 0 Å². The molecule has 0 saturated heterocycles. The van der Waals surface area contributed by atoms with Crippen molar-refractivity contribution < 1.29 is 23.8 Å². The second kappa shape index (κ2) is 7.36. The SMILES string of the molecule is CC1=C=CCCC(=O)OCC(C)(O)C(=O)C(F)CCC1. The Bertz CT molecular complexity index is 433. The van der Waals surface area contributed by atoms with Crippen molar-refractivity contribution in [3.63, 3.8) is 0 Å². The van der Waals surface area contributed by atoms with E-state index in [0.717, 1.165) is 5.57 Å². The van der Waals surface area contributed by atoms with Gasteiger partial charge in [-0.15, -0.1) is 5.73 Å². The Morgan fingerprint density at radius 1 is 1.45 bits per heavy atom. The van der Waals surface area contributed by atoms with Gasteiger partial charge in [-0.2, -0.15) is 0 Å². The summed E-state index contributed by atoms with van der Waals surface area (Å²) in [7, 11) is 0. The van der Waals surface area contributed by atoms with Crippen LogP contribution in [0, 0.1) is 0 Å². The molecule has 2 unspecified atom stereocenters. The predicted octanol–water partition coefficient (Wildman–Crippen LogP) is 2.25. The molecule has 0 aliphatic carbocycles. The number of hydrogen-bond donors (Lipinski definition) is 1. The number of Topliss-reactive ketones (excluding diaryl/α,β-unsaturated/α-hetero) is 1. The Labute approximate surface area is 118 Å². The first-order valence-electron chi connectivity index (χ1n) is 6.80. The third-order valence-electron chi connectivity index (χ3n) is 3.18. The summed E-state index contributed by atoms with van der Waals surface area (Å²) in [5.41, 5.74) is 2.00. The Morgan fingerprint density at radius 2 is 2.15 bits per heavy atom. The van der Waals surface area contributed by atoms with Gasteiger partial charge in [0.15, 0.2) is 11.8 Å². The highest BCUT2D eigenvalue weighted by Gasteiger charge is 2.37. The van der Waals surface area contributed by atoms with Crippen molar-refractivity contribution in [2.24, 2.45) is 0 Å². The normalized spacial score (nSPS) is 30.4. The van der Waals surface area contributed by atoms with Crippen LogP contribution in [0.15, 0.2) is 17.4 Å². The number of alkyl halides is 1. The van der Waals surface area contributed by atoms with Gasteiger partial charge in [-0.05, 0) is 51.2 Å². The molecule has 0 saturated carbocycles. The molecule has 0 spiro atoms. The highest BCUT2D eigenvalue weighted by Crippen LogP contribution is 2.17. The molecule has 0 aromatic rings. The molecule has 4 nitrogen and oxygen atoms in total. The first-order valence-corrected chi connectivity index (χ1v) is 6.80. The molecule has 0 fully saturated rings. The third-order valence-corrected chi connectivity index (χ3v) is 3.18.